The van der Waals surface area contributed by atoms with E-state index in [1.54, 1.807) is 12.4 Å². The highest BCUT2D eigenvalue weighted by molar-refractivity contribution is 5.99. The van der Waals surface area contributed by atoms with Gasteiger partial charge in [-0.05, 0) is 41.3 Å². The number of rotatable bonds is 12. The van der Waals surface area contributed by atoms with Crippen LogP contribution < -0.4 is 26.6 Å². The molecule has 1 amide bonds. The predicted octanol–water partition coefficient (Wildman–Crippen LogP) is 2.23. The number of benzene rings is 2. The number of nitrogens with zero attached hydrogens (tertiary/aromatic N) is 14. The van der Waals surface area contributed by atoms with Crippen molar-refractivity contribution >= 4 is 51.8 Å². The quantitative estimate of drug-likeness (QED) is 0.150. The molecule has 5 N–H and O–H groups in total. The van der Waals surface area contributed by atoms with Crippen molar-refractivity contribution in [2.24, 2.45) is 0 Å². The number of oxazole rings is 1. The Kier molecular flexibility index (Phi) is 11.5. The van der Waals surface area contributed by atoms with Crippen LogP contribution in [0.1, 0.15) is 38.3 Å². The number of hydrogen-bond acceptors (Lipinski definition) is 18. The van der Waals surface area contributed by atoms with E-state index < -0.39 is 0 Å². The first-order valence-corrected chi connectivity index (χ1v) is 22.8. The Hall–Kier alpha value is -6.87. The summed E-state index contributed by atoms with van der Waals surface area (Å²) < 4.78 is 13.4. The molecule has 0 aliphatic carbocycles. The SMILES string of the molecule is Nc1nc2cc(-c3nn(Cc4ccc5c(c4)CCN(C(=O)c4cnc(N6CCN(CCOCCN7CCN(c8ncc9c(n8)CCNC9)CC7)CC6)nc4)C5)c4ncnc(N)c34)ccc2o1. The number of amides is 1. The smallest absolute Gasteiger partial charge is 0.292 e. The van der Waals surface area contributed by atoms with Gasteiger partial charge in [-0.2, -0.15) is 10.1 Å². The molecule has 4 aliphatic heterocycles. The number of nitrogens with one attached hydrogen (secondary N) is 1. The summed E-state index contributed by atoms with van der Waals surface area (Å²) in [5, 5.41) is 9.01. The molecule has 0 bridgehead atoms. The first kappa shape index (κ1) is 41.8. The minimum absolute atomic E-state index is 0.0690. The van der Waals surface area contributed by atoms with Crippen molar-refractivity contribution < 1.29 is 13.9 Å². The first-order chi connectivity index (χ1) is 32.4. The summed E-state index contributed by atoms with van der Waals surface area (Å²) >= 11 is 0. The minimum atomic E-state index is -0.0690. The van der Waals surface area contributed by atoms with Crippen LogP contribution in [0.5, 0.6) is 0 Å². The van der Waals surface area contributed by atoms with E-state index in [1.165, 1.54) is 23.1 Å². The topological polar surface area (TPSA) is 228 Å². The van der Waals surface area contributed by atoms with Crippen LogP contribution in [0, 0.1) is 0 Å². The average Bonchev–Trinajstić information content (AvgIpc) is 3.93. The fourth-order valence-electron chi connectivity index (χ4n) is 9.47. The highest BCUT2D eigenvalue weighted by Gasteiger charge is 2.26. The van der Waals surface area contributed by atoms with E-state index in [4.69, 9.17) is 30.7 Å². The summed E-state index contributed by atoms with van der Waals surface area (Å²) in [6, 6.07) is 12.1. The van der Waals surface area contributed by atoms with Gasteiger partial charge >= 0.3 is 0 Å². The van der Waals surface area contributed by atoms with Crippen molar-refractivity contribution in [2.75, 3.05) is 113 Å². The second kappa shape index (κ2) is 18.2. The number of carbonyl (C=O) groups excluding carboxylic acids is 1. The fourth-order valence-corrected chi connectivity index (χ4v) is 9.47. The van der Waals surface area contributed by atoms with Gasteiger partial charge < -0.3 is 40.6 Å². The molecule has 0 unspecified atom stereocenters. The average molecular weight is 892 g/mol. The number of ether oxygens (including phenoxy) is 1. The van der Waals surface area contributed by atoms with Crippen LogP contribution in [0.25, 0.3) is 33.4 Å². The molecule has 66 heavy (non-hydrogen) atoms. The van der Waals surface area contributed by atoms with Gasteiger partial charge in [0, 0.05) is 128 Å². The second-order valence-corrected chi connectivity index (χ2v) is 17.4. The molecule has 0 saturated carbocycles. The molecule has 7 aromatic rings. The van der Waals surface area contributed by atoms with Crippen LogP contribution in [0.2, 0.25) is 0 Å². The Morgan fingerprint density at radius 1 is 0.758 bits per heavy atom. The van der Waals surface area contributed by atoms with E-state index in [1.807, 2.05) is 34.0 Å². The van der Waals surface area contributed by atoms with Crippen LogP contribution >= 0.6 is 0 Å². The third-order valence-electron chi connectivity index (χ3n) is 13.2. The Bertz CT molecular complexity index is 2870. The van der Waals surface area contributed by atoms with E-state index in [0.29, 0.717) is 71.4 Å². The van der Waals surface area contributed by atoms with E-state index in [9.17, 15) is 4.79 Å². The monoisotopic (exact) mass is 891 g/mol. The van der Waals surface area contributed by atoms with E-state index >= 15 is 0 Å². The molecule has 0 spiro atoms. The van der Waals surface area contributed by atoms with E-state index in [0.717, 1.165) is 121 Å². The predicted molar refractivity (Wildman–Crippen MR) is 249 cm³/mol. The molecule has 4 aliphatic rings. The third kappa shape index (κ3) is 8.66. The lowest BCUT2D eigenvalue weighted by Gasteiger charge is -2.35. The van der Waals surface area contributed by atoms with Gasteiger partial charge in [-0.25, -0.2) is 34.6 Å². The zero-order valence-corrected chi connectivity index (χ0v) is 36.8. The number of aromatic nitrogens is 9. The molecule has 11 rings (SSSR count). The molecule has 5 aromatic heterocycles. The lowest BCUT2D eigenvalue weighted by molar-refractivity contribution is 0.0733. The Balaban J connectivity index is 0.626. The van der Waals surface area contributed by atoms with Gasteiger partial charge in [0.1, 0.15) is 23.4 Å². The van der Waals surface area contributed by atoms with Crippen molar-refractivity contribution in [3.05, 3.63) is 94.8 Å². The number of piperazine rings is 2. The molecule has 20 nitrogen and oxygen atoms in total. The van der Waals surface area contributed by atoms with Gasteiger partial charge in [0.2, 0.25) is 11.9 Å². The summed E-state index contributed by atoms with van der Waals surface area (Å²) in [6.07, 6.45) is 8.48. The van der Waals surface area contributed by atoms with Gasteiger partial charge in [-0.15, -0.1) is 0 Å². The molecule has 0 radical (unpaired) electrons. The van der Waals surface area contributed by atoms with E-state index in [2.05, 4.69) is 73.0 Å². The van der Waals surface area contributed by atoms with Gasteiger partial charge in [0.15, 0.2) is 11.2 Å². The zero-order chi connectivity index (χ0) is 44.6. The van der Waals surface area contributed by atoms with Crippen LogP contribution in [0.3, 0.4) is 0 Å². The van der Waals surface area contributed by atoms with Crippen LogP contribution in [-0.4, -0.2) is 157 Å². The van der Waals surface area contributed by atoms with Crippen LogP contribution in [-0.2, 0) is 37.2 Å². The van der Waals surface area contributed by atoms with Crippen LogP contribution in [0.4, 0.5) is 23.7 Å². The number of nitrogen functional groups attached to an aromatic ring is 2. The minimum Gasteiger partial charge on any atom is -0.424 e. The maximum Gasteiger partial charge on any atom is 0.292 e. The zero-order valence-electron chi connectivity index (χ0n) is 36.8. The van der Waals surface area contributed by atoms with Gasteiger partial charge in [0.05, 0.1) is 36.4 Å². The lowest BCUT2D eigenvalue weighted by Crippen LogP contribution is -2.48. The summed E-state index contributed by atoms with van der Waals surface area (Å²) in [4.78, 5) is 56.8. The van der Waals surface area contributed by atoms with Gasteiger partial charge in [-0.1, -0.05) is 18.2 Å². The van der Waals surface area contributed by atoms with Gasteiger partial charge in [-0.3, -0.25) is 14.6 Å². The normalized spacial score (nSPS) is 17.1. The van der Waals surface area contributed by atoms with E-state index in [-0.39, 0.29) is 11.9 Å². The summed E-state index contributed by atoms with van der Waals surface area (Å²) in [7, 11) is 0. The molecular weight excluding hydrogens is 839 g/mol. The standard InChI is InChI=1S/C46H53N17O3/c47-41-39-40(32-3-4-38-37(22-32)55-44(48)66-38)57-63(42(39)54-29-53-41)27-30-1-2-33-28-62(8-6-31(33)21-30)43(64)35-25-50-45(51-26-35)60-13-9-58(10-14-60)17-19-65-20-18-59-11-15-61(16-12-59)46-52-24-34-23-49-7-5-36(34)56-46/h1-4,21-22,24-26,29,49H,5-20,23,27-28H2,(H2,48,55)(H2,47,53,54). The molecule has 2 saturated heterocycles. The number of carbonyl (C=O) groups is 1. The number of nitrogens with two attached hydrogens (primary N) is 2. The molecule has 9 heterocycles. The highest BCUT2D eigenvalue weighted by atomic mass is 16.5. The Morgan fingerprint density at radius 2 is 1.52 bits per heavy atom. The first-order valence-electron chi connectivity index (χ1n) is 22.8. The van der Waals surface area contributed by atoms with Crippen molar-refractivity contribution in [2.45, 2.75) is 32.5 Å². The maximum atomic E-state index is 13.7. The summed E-state index contributed by atoms with van der Waals surface area (Å²) in [5.41, 5.74) is 21.7. The van der Waals surface area contributed by atoms with Crippen molar-refractivity contribution in [1.82, 2.24) is 64.7 Å². The Labute approximate surface area is 381 Å². The lowest BCUT2D eigenvalue weighted by atomic mass is 9.97. The molecule has 20 heteroatoms. The molecule has 2 fully saturated rings. The number of anilines is 4. The fraction of sp³-hybridized carbons (Fsp3) is 0.413. The largest absolute Gasteiger partial charge is 0.424 e. The molecule has 340 valence electrons. The maximum absolute atomic E-state index is 13.7. The van der Waals surface area contributed by atoms with Gasteiger partial charge in [0.25, 0.3) is 11.9 Å². The second-order valence-electron chi connectivity index (χ2n) is 17.4. The highest BCUT2D eigenvalue weighted by Crippen LogP contribution is 2.33. The number of fused-ring (bicyclic) bond motifs is 4. The van der Waals surface area contributed by atoms with Crippen molar-refractivity contribution in [1.29, 1.82) is 0 Å². The van der Waals surface area contributed by atoms with Crippen LogP contribution in [0.15, 0.2) is 65.7 Å². The van der Waals surface area contributed by atoms with Crippen molar-refractivity contribution in [3.8, 4) is 11.3 Å². The van der Waals surface area contributed by atoms with Crippen molar-refractivity contribution in [3.63, 3.8) is 0 Å². The molecule has 2 aromatic carbocycles. The molecular formula is C46H53N17O3. The number of hydrogen-bond donors (Lipinski definition) is 3. The molecule has 0 atom stereocenters. The Morgan fingerprint density at radius 3 is 2.30 bits per heavy atom. The summed E-state index contributed by atoms with van der Waals surface area (Å²) in [6.45, 7) is 14.0. The summed E-state index contributed by atoms with van der Waals surface area (Å²) in [5.74, 6) is 1.80. The third-order valence-corrected chi connectivity index (χ3v) is 13.2.